The first-order valence-electron chi connectivity index (χ1n) is 11.7. The molecule has 0 saturated heterocycles. The highest BCUT2D eigenvalue weighted by atomic mass is 28.4. The highest BCUT2D eigenvalue weighted by Gasteiger charge is 2.45. The van der Waals surface area contributed by atoms with Gasteiger partial charge >= 0.3 is 0 Å². The maximum absolute atomic E-state index is 9.96. The first kappa shape index (κ1) is 24.1. The quantitative estimate of drug-likeness (QED) is 0.558. The van der Waals surface area contributed by atoms with Crippen molar-refractivity contribution >= 4 is 8.32 Å². The van der Waals surface area contributed by atoms with Crippen molar-refractivity contribution in [3.8, 4) is 0 Å². The lowest BCUT2D eigenvalue weighted by Gasteiger charge is -2.45. The summed E-state index contributed by atoms with van der Waals surface area (Å²) in [5, 5.41) is 10.2. The fraction of sp³-hybridized carbons (Fsp3) is 0.615. The lowest BCUT2D eigenvalue weighted by molar-refractivity contribution is 0.0340. The van der Waals surface area contributed by atoms with Crippen LogP contribution in [0.1, 0.15) is 82.8 Å². The van der Waals surface area contributed by atoms with Gasteiger partial charge in [-0.15, -0.1) is 0 Å². The molecule has 0 radical (unpaired) electrons. The summed E-state index contributed by atoms with van der Waals surface area (Å²) in [6, 6.07) is 8.22. The largest absolute Gasteiger partial charge is 0.406 e. The molecule has 1 N–H and O–H groups in total. The van der Waals surface area contributed by atoms with Crippen LogP contribution in [0, 0.1) is 0 Å². The molecule has 5 heteroatoms. The third kappa shape index (κ3) is 5.27. The van der Waals surface area contributed by atoms with Gasteiger partial charge in [0.1, 0.15) is 5.60 Å². The van der Waals surface area contributed by atoms with Crippen molar-refractivity contribution in [2.24, 2.45) is 0 Å². The van der Waals surface area contributed by atoms with Crippen molar-refractivity contribution in [1.29, 1.82) is 0 Å². The zero-order valence-corrected chi connectivity index (χ0v) is 21.5. The van der Waals surface area contributed by atoms with Crippen LogP contribution in [-0.2, 0) is 28.5 Å². The molecule has 0 bridgehead atoms. The number of rotatable bonds is 2. The number of nitrogens with zero attached hydrogens (tertiary/aromatic N) is 2. The van der Waals surface area contributed by atoms with Crippen molar-refractivity contribution in [3.63, 3.8) is 0 Å². The molecule has 2 unspecified atom stereocenters. The van der Waals surface area contributed by atoms with Crippen molar-refractivity contribution in [3.05, 3.63) is 59.2 Å². The Morgan fingerprint density at radius 3 is 1.97 bits per heavy atom. The summed E-state index contributed by atoms with van der Waals surface area (Å²) >= 11 is 0. The molecule has 31 heavy (non-hydrogen) atoms. The average molecular weight is 441 g/mol. The second-order valence-corrected chi connectivity index (χ2v) is 15.8. The second kappa shape index (κ2) is 8.76. The van der Waals surface area contributed by atoms with Gasteiger partial charge in [-0.05, 0) is 93.8 Å². The van der Waals surface area contributed by atoms with E-state index in [1.54, 1.807) is 6.20 Å². The van der Waals surface area contributed by atoms with Crippen LogP contribution in [-0.4, -0.2) is 23.4 Å². The maximum atomic E-state index is 9.96. The third-order valence-electron chi connectivity index (χ3n) is 7.29. The van der Waals surface area contributed by atoms with Gasteiger partial charge < -0.3 is 9.53 Å². The molecule has 0 fully saturated rings. The Kier molecular flexibility index (Phi) is 6.81. The van der Waals surface area contributed by atoms with Crippen LogP contribution in [0.3, 0.4) is 0 Å². The molecule has 0 amide bonds. The van der Waals surface area contributed by atoms with E-state index < -0.39 is 13.9 Å². The number of aliphatic hydroxyl groups is 1. The molecule has 4 nitrogen and oxygen atoms in total. The van der Waals surface area contributed by atoms with Crippen LogP contribution in [0.25, 0.3) is 0 Å². The normalized spacial score (nSPS) is 25.7. The minimum atomic E-state index is -1.77. The van der Waals surface area contributed by atoms with Crippen LogP contribution >= 0.6 is 0 Å². The number of hydrogen-bond donors (Lipinski definition) is 1. The van der Waals surface area contributed by atoms with E-state index in [1.165, 1.54) is 23.2 Å². The van der Waals surface area contributed by atoms with Crippen LogP contribution in [0.15, 0.2) is 36.7 Å². The molecule has 4 rings (SSSR count). The fourth-order valence-electron chi connectivity index (χ4n) is 4.53. The summed E-state index contributed by atoms with van der Waals surface area (Å²) in [5.41, 5.74) is 3.72. The van der Waals surface area contributed by atoms with E-state index in [4.69, 9.17) is 4.43 Å². The van der Waals surface area contributed by atoms with Gasteiger partial charge in [-0.3, -0.25) is 9.97 Å². The second-order valence-electron chi connectivity index (χ2n) is 11.1. The summed E-state index contributed by atoms with van der Waals surface area (Å²) in [6.07, 6.45) is 10.0. The number of aryl methyl sites for hydroxylation is 2. The van der Waals surface area contributed by atoms with E-state index >= 15 is 0 Å². The summed E-state index contributed by atoms with van der Waals surface area (Å²) in [4.78, 5) is 8.86. The van der Waals surface area contributed by atoms with E-state index in [9.17, 15) is 5.11 Å². The Morgan fingerprint density at radius 2 is 1.42 bits per heavy atom. The highest BCUT2D eigenvalue weighted by Crippen LogP contribution is 2.45. The fourth-order valence-corrected chi connectivity index (χ4v) is 6.16. The third-order valence-corrected chi connectivity index (χ3v) is 11.9. The molecule has 0 saturated carbocycles. The van der Waals surface area contributed by atoms with Gasteiger partial charge in [0.05, 0.1) is 17.0 Å². The van der Waals surface area contributed by atoms with E-state index in [-0.39, 0.29) is 10.6 Å². The molecule has 2 aromatic heterocycles. The SMILES string of the molecule is CC1(O)CCCc2cccnc21.CC1(O[Si](C)(C)C(C)(C)C)CCCc2cccnc21. The lowest BCUT2D eigenvalue weighted by Crippen LogP contribution is -2.48. The molecule has 2 heterocycles. The summed E-state index contributed by atoms with van der Waals surface area (Å²) in [6.45, 7) is 15.6. The monoisotopic (exact) mass is 440 g/mol. The number of pyridine rings is 2. The van der Waals surface area contributed by atoms with Gasteiger partial charge in [0.2, 0.25) is 0 Å². The van der Waals surface area contributed by atoms with Crippen LogP contribution in [0.5, 0.6) is 0 Å². The van der Waals surface area contributed by atoms with Crippen LogP contribution in [0.4, 0.5) is 0 Å². The zero-order valence-electron chi connectivity index (χ0n) is 20.5. The van der Waals surface area contributed by atoms with E-state index in [0.717, 1.165) is 37.8 Å². The molecule has 0 spiro atoms. The van der Waals surface area contributed by atoms with Crippen molar-refractivity contribution in [2.75, 3.05) is 0 Å². The van der Waals surface area contributed by atoms with Gasteiger partial charge in [0.25, 0.3) is 0 Å². The van der Waals surface area contributed by atoms with Crippen LogP contribution < -0.4 is 0 Å². The van der Waals surface area contributed by atoms with E-state index in [0.29, 0.717) is 0 Å². The first-order valence-corrected chi connectivity index (χ1v) is 14.6. The predicted molar refractivity (Wildman–Crippen MR) is 130 cm³/mol. The molecular weight excluding hydrogens is 400 g/mol. The Hall–Kier alpha value is -1.56. The van der Waals surface area contributed by atoms with Crippen LogP contribution in [0.2, 0.25) is 18.1 Å². The van der Waals surface area contributed by atoms with Gasteiger partial charge in [-0.25, -0.2) is 0 Å². The Morgan fingerprint density at radius 1 is 0.903 bits per heavy atom. The highest BCUT2D eigenvalue weighted by molar-refractivity contribution is 6.74. The summed E-state index contributed by atoms with van der Waals surface area (Å²) in [5.74, 6) is 0. The Labute approximate surface area is 189 Å². The van der Waals surface area contributed by atoms with Gasteiger partial charge in [-0.2, -0.15) is 0 Å². The molecule has 2 aromatic rings. The minimum Gasteiger partial charge on any atom is -0.406 e. The summed E-state index contributed by atoms with van der Waals surface area (Å²) < 4.78 is 6.73. The number of aromatic nitrogens is 2. The maximum Gasteiger partial charge on any atom is 0.193 e. The zero-order chi connectivity index (χ0) is 22.9. The number of fused-ring (bicyclic) bond motifs is 2. The Bertz CT molecular complexity index is 904. The van der Waals surface area contributed by atoms with Gasteiger partial charge in [0, 0.05) is 12.4 Å². The predicted octanol–water partition coefficient (Wildman–Crippen LogP) is 6.28. The van der Waals surface area contributed by atoms with Crippen molar-refractivity contribution in [1.82, 2.24) is 9.97 Å². The lowest BCUT2D eigenvalue weighted by atomic mass is 9.84. The smallest absolute Gasteiger partial charge is 0.193 e. The average Bonchev–Trinajstić information content (AvgIpc) is 2.67. The van der Waals surface area contributed by atoms with Gasteiger partial charge in [-0.1, -0.05) is 32.9 Å². The molecule has 170 valence electrons. The number of hydrogen-bond acceptors (Lipinski definition) is 4. The standard InChI is InChI=1S/C16H27NOSi.C10H13NO/c1-15(2,3)19(5,6)18-16(4)11-7-9-13-10-8-12-17-14(13)16;1-10(12)6-2-4-8-5-3-7-11-9(8)10/h8,10,12H,7,9,11H2,1-6H3;3,5,7,12H,2,4,6H2,1H3. The molecular formula is C26H40N2O2Si. The molecule has 2 aliphatic carbocycles. The Balaban J connectivity index is 0.000000194. The van der Waals surface area contributed by atoms with Crippen molar-refractivity contribution in [2.45, 2.75) is 102 Å². The minimum absolute atomic E-state index is 0.197. The molecule has 2 aliphatic rings. The van der Waals surface area contributed by atoms with E-state index in [1.807, 2.05) is 25.3 Å². The summed E-state index contributed by atoms with van der Waals surface area (Å²) in [7, 11) is -1.77. The van der Waals surface area contributed by atoms with Gasteiger partial charge in [0.15, 0.2) is 8.32 Å². The topological polar surface area (TPSA) is 55.2 Å². The van der Waals surface area contributed by atoms with E-state index in [2.05, 4.69) is 62.9 Å². The van der Waals surface area contributed by atoms with Crippen molar-refractivity contribution < 1.29 is 9.53 Å². The molecule has 0 aromatic carbocycles. The molecule has 2 atom stereocenters. The molecule has 0 aliphatic heterocycles. The first-order chi connectivity index (χ1) is 14.4.